The van der Waals surface area contributed by atoms with E-state index in [1.165, 1.54) is 42.9 Å². The van der Waals surface area contributed by atoms with Crippen LogP contribution in [0.5, 0.6) is 23.1 Å². The molecule has 3 aliphatic heterocycles. The monoisotopic (exact) mass is 1000 g/mol. The molecule has 2 saturated carbocycles. The Morgan fingerprint density at radius 3 is 2.50 bits per heavy atom. The highest BCUT2D eigenvalue weighted by molar-refractivity contribution is 7.90. The van der Waals surface area contributed by atoms with E-state index in [1.54, 1.807) is 31.5 Å². The minimum absolute atomic E-state index is 0.0356. The summed E-state index contributed by atoms with van der Waals surface area (Å²) in [5.41, 5.74) is 4.51. The molecule has 0 bridgehead atoms. The summed E-state index contributed by atoms with van der Waals surface area (Å²) in [6.07, 6.45) is 13.7. The van der Waals surface area contributed by atoms with Crippen LogP contribution in [0.4, 0.5) is 17.1 Å². The molecule has 5 aromatic rings. The first-order chi connectivity index (χ1) is 34.6. The number of methoxy groups -OCH3 is 1. The number of nitro groups is 1. The third-order valence-corrected chi connectivity index (χ3v) is 17.7. The molecule has 4 fully saturated rings. The topological polar surface area (TPSA) is 190 Å². The van der Waals surface area contributed by atoms with Gasteiger partial charge in [0.25, 0.3) is 27.5 Å². The lowest BCUT2D eigenvalue weighted by atomic mass is 9.59. The van der Waals surface area contributed by atoms with Gasteiger partial charge in [-0.15, -0.1) is 0 Å². The minimum atomic E-state index is -4.69. The molecule has 1 spiro atoms. The van der Waals surface area contributed by atoms with Crippen molar-refractivity contribution in [3.8, 4) is 23.1 Å². The van der Waals surface area contributed by atoms with Crippen LogP contribution in [0.2, 0.25) is 0 Å². The van der Waals surface area contributed by atoms with Gasteiger partial charge in [0.05, 0.1) is 28.0 Å². The van der Waals surface area contributed by atoms with Crippen molar-refractivity contribution in [3.05, 3.63) is 99.7 Å². The highest BCUT2D eigenvalue weighted by Crippen LogP contribution is 2.54. The zero-order valence-electron chi connectivity index (χ0n) is 42.2. The standard InChI is InChI=1S/C55H69N7O9S/c1-35(2)42-9-6-7-10-43(42)45-11-8-22-61(45)40-32-55(33-40)19-23-60(24-20-55)39-12-13-44(47(29-39)71-49-28-37-16-21-56-51(37)58-53(49)69-26-25-68-5)52(63)59-72(66,67)41-30-46(62(64)65)50-48(31-41)70-34-38(57-50)27-36-14-17-54(3,4)18-15-36/h6-7,9-10,12-13,16,21,28-31,35-36,38,40,45,57H,8,11,14-15,17-20,22-27,32-34H2,1-5H3,(H,56,58)(H,59,63)/t38?,45-/m1/s1. The van der Waals surface area contributed by atoms with E-state index in [2.05, 4.69) is 81.8 Å². The Balaban J connectivity index is 0.880. The van der Waals surface area contributed by atoms with Gasteiger partial charge in [0.2, 0.25) is 0 Å². The molecule has 16 nitrogen and oxygen atoms in total. The second-order valence-electron chi connectivity index (χ2n) is 22.1. The van der Waals surface area contributed by atoms with E-state index in [9.17, 15) is 23.3 Å². The number of aromatic amines is 1. The van der Waals surface area contributed by atoms with E-state index in [0.717, 1.165) is 81.7 Å². The molecule has 384 valence electrons. The van der Waals surface area contributed by atoms with Crippen molar-refractivity contribution >= 4 is 44.0 Å². The van der Waals surface area contributed by atoms with Gasteiger partial charge in [0, 0.05) is 67.8 Å². The Hall–Kier alpha value is -5.91. The molecule has 3 aromatic carbocycles. The van der Waals surface area contributed by atoms with Crippen LogP contribution in [0.15, 0.2) is 77.8 Å². The van der Waals surface area contributed by atoms with Crippen molar-refractivity contribution in [1.29, 1.82) is 0 Å². The van der Waals surface area contributed by atoms with E-state index >= 15 is 0 Å². The number of likely N-dealkylation sites (tertiary alicyclic amines) is 1. The van der Waals surface area contributed by atoms with Crippen LogP contribution in [0.1, 0.15) is 132 Å². The van der Waals surface area contributed by atoms with Crippen molar-refractivity contribution in [3.63, 3.8) is 0 Å². The second-order valence-corrected chi connectivity index (χ2v) is 23.7. The van der Waals surface area contributed by atoms with Gasteiger partial charge < -0.3 is 34.1 Å². The molecular formula is C55H69N7O9S. The van der Waals surface area contributed by atoms with E-state index in [0.29, 0.717) is 35.0 Å². The molecule has 1 amide bonds. The summed E-state index contributed by atoms with van der Waals surface area (Å²) in [6.45, 7) is 12.6. The molecule has 5 heterocycles. The Labute approximate surface area is 422 Å². The van der Waals surface area contributed by atoms with Crippen molar-refractivity contribution in [1.82, 2.24) is 19.6 Å². The molecule has 2 aromatic heterocycles. The molecule has 3 N–H and O–H groups in total. The first-order valence-electron chi connectivity index (χ1n) is 25.9. The number of aromatic nitrogens is 2. The molecule has 17 heteroatoms. The molecule has 72 heavy (non-hydrogen) atoms. The van der Waals surface area contributed by atoms with Gasteiger partial charge in [-0.2, -0.15) is 4.98 Å². The number of nitrogens with one attached hydrogen (secondary N) is 3. The number of amides is 1. The van der Waals surface area contributed by atoms with Crippen LogP contribution in [0, 0.1) is 26.9 Å². The maximum atomic E-state index is 14.4. The Bertz CT molecular complexity index is 2910. The summed E-state index contributed by atoms with van der Waals surface area (Å²) in [6, 6.07) is 20.8. The third kappa shape index (κ3) is 10.3. The number of hydrogen-bond acceptors (Lipinski definition) is 13. The summed E-state index contributed by atoms with van der Waals surface area (Å²) < 4.78 is 54.4. The number of ether oxygens (including phenoxy) is 4. The molecule has 2 atom stereocenters. The normalized spacial score (nSPS) is 21.2. The van der Waals surface area contributed by atoms with Crippen LogP contribution < -0.4 is 29.1 Å². The molecule has 5 aliphatic rings. The predicted octanol–water partition coefficient (Wildman–Crippen LogP) is 10.9. The van der Waals surface area contributed by atoms with Crippen LogP contribution in [-0.4, -0.2) is 92.8 Å². The number of carbonyl (C=O) groups is 1. The maximum Gasteiger partial charge on any atom is 0.297 e. The first-order valence-corrected chi connectivity index (χ1v) is 27.4. The number of rotatable bonds is 16. The molecule has 0 radical (unpaired) electrons. The fourth-order valence-corrected chi connectivity index (χ4v) is 13.2. The Morgan fingerprint density at radius 2 is 1.75 bits per heavy atom. The van der Waals surface area contributed by atoms with Crippen LogP contribution in [0.25, 0.3) is 11.0 Å². The van der Waals surface area contributed by atoms with Crippen molar-refractivity contribution in [2.75, 3.05) is 56.8 Å². The molecule has 2 saturated heterocycles. The van der Waals surface area contributed by atoms with Crippen LogP contribution in [0.3, 0.4) is 0 Å². The highest BCUT2D eigenvalue weighted by Gasteiger charge is 2.50. The number of fused-ring (bicyclic) bond motifs is 2. The van der Waals surface area contributed by atoms with Crippen molar-refractivity contribution in [2.45, 2.75) is 127 Å². The van der Waals surface area contributed by atoms with Gasteiger partial charge in [-0.1, -0.05) is 52.0 Å². The lowest BCUT2D eigenvalue weighted by Gasteiger charge is -2.56. The van der Waals surface area contributed by atoms with Crippen LogP contribution in [-0.2, 0) is 14.8 Å². The quantitative estimate of drug-likeness (QED) is 0.0481. The van der Waals surface area contributed by atoms with Crippen LogP contribution >= 0.6 is 0 Å². The lowest BCUT2D eigenvalue weighted by Crippen LogP contribution is -2.54. The summed E-state index contributed by atoms with van der Waals surface area (Å²) in [7, 11) is -3.13. The zero-order chi connectivity index (χ0) is 50.4. The number of benzene rings is 3. The third-order valence-electron chi connectivity index (χ3n) is 16.3. The smallest absolute Gasteiger partial charge is 0.297 e. The van der Waals surface area contributed by atoms with E-state index in [1.807, 2.05) is 12.1 Å². The van der Waals surface area contributed by atoms with E-state index in [4.69, 9.17) is 18.9 Å². The van der Waals surface area contributed by atoms with Crippen molar-refractivity contribution in [2.24, 2.45) is 16.7 Å². The van der Waals surface area contributed by atoms with Gasteiger partial charge in [-0.25, -0.2) is 13.1 Å². The zero-order valence-corrected chi connectivity index (χ0v) is 43.0. The summed E-state index contributed by atoms with van der Waals surface area (Å²) >= 11 is 0. The Kier molecular flexibility index (Phi) is 13.9. The SMILES string of the molecule is COCCOc1nc2[nH]ccc2cc1Oc1cc(N2CCC3(CC2)CC(N2CCC[C@@H]2c2ccccc2C(C)C)C3)ccc1C(=O)NS(=O)(=O)c1cc2c(c([N+](=O)[O-])c1)NC(CC1CCC(C)(C)CC1)CO2. The van der Waals surface area contributed by atoms with Gasteiger partial charge >= 0.3 is 0 Å². The fourth-order valence-electron chi connectivity index (χ4n) is 12.2. The lowest BCUT2D eigenvalue weighted by molar-refractivity contribution is -0.384. The Morgan fingerprint density at radius 1 is 0.972 bits per heavy atom. The number of carbonyl (C=O) groups excluding carboxylic acids is 1. The van der Waals surface area contributed by atoms with E-state index < -0.39 is 31.4 Å². The largest absolute Gasteiger partial charge is 0.489 e. The predicted molar refractivity (Wildman–Crippen MR) is 277 cm³/mol. The van der Waals surface area contributed by atoms with Crippen molar-refractivity contribution < 1.29 is 37.1 Å². The number of nitrogens with zero attached hydrogens (tertiary/aromatic N) is 4. The number of piperidine rings is 1. The molecular weight excluding hydrogens is 935 g/mol. The number of hydrogen-bond donors (Lipinski definition) is 3. The highest BCUT2D eigenvalue weighted by atomic mass is 32.2. The average molecular weight is 1000 g/mol. The maximum absolute atomic E-state index is 14.4. The number of pyridine rings is 1. The minimum Gasteiger partial charge on any atom is -0.489 e. The first kappa shape index (κ1) is 49.7. The number of anilines is 2. The molecule has 1 unspecified atom stereocenters. The van der Waals surface area contributed by atoms with E-state index in [-0.39, 0.29) is 65.7 Å². The summed E-state index contributed by atoms with van der Waals surface area (Å²) in [5, 5.41) is 16.5. The second kappa shape index (κ2) is 20.2. The number of nitro benzene ring substituents is 1. The summed E-state index contributed by atoms with van der Waals surface area (Å²) in [5.74, 6) is 0.430. The van der Waals surface area contributed by atoms with Gasteiger partial charge in [-0.3, -0.25) is 19.8 Å². The molecule has 2 aliphatic carbocycles. The fraction of sp³-hybridized carbons (Fsp3) is 0.527. The number of sulfonamides is 1. The van der Waals surface area contributed by atoms with Gasteiger partial charge in [-0.05, 0) is 135 Å². The average Bonchev–Trinajstić information content (AvgIpc) is 4.03. The van der Waals surface area contributed by atoms with Gasteiger partial charge in [0.15, 0.2) is 17.2 Å². The van der Waals surface area contributed by atoms with Gasteiger partial charge in [0.1, 0.15) is 24.6 Å². The summed E-state index contributed by atoms with van der Waals surface area (Å²) in [4.78, 5) is 38.6. The molecule has 10 rings (SSSR count). The number of H-pyrrole nitrogens is 1.